The maximum Gasteiger partial charge on any atom is 0.0388 e. The van der Waals surface area contributed by atoms with E-state index in [1.807, 2.05) is 11.3 Å². The molecule has 1 aliphatic rings. The lowest BCUT2D eigenvalue weighted by molar-refractivity contribution is 0.559. The summed E-state index contributed by atoms with van der Waals surface area (Å²) >= 11 is 5.30. The van der Waals surface area contributed by atoms with Gasteiger partial charge in [0.05, 0.1) is 0 Å². The predicted molar refractivity (Wildman–Crippen MR) is 61.1 cm³/mol. The van der Waals surface area contributed by atoms with Gasteiger partial charge in [-0.05, 0) is 41.3 Å². The van der Waals surface area contributed by atoms with Crippen molar-refractivity contribution in [3.63, 3.8) is 0 Å². The van der Waals surface area contributed by atoms with Gasteiger partial charge in [-0.1, -0.05) is 6.92 Å². The normalized spacial score (nSPS) is 28.8. The lowest BCUT2D eigenvalue weighted by Crippen LogP contribution is -2.21. The minimum Gasteiger partial charge on any atom is -0.306 e. The zero-order valence-electron chi connectivity index (χ0n) is 7.88. The molecule has 0 saturated heterocycles. The molecule has 0 spiro atoms. The molecule has 1 nitrogen and oxygen atoms in total. The van der Waals surface area contributed by atoms with Crippen LogP contribution < -0.4 is 5.32 Å². The number of hydrogen-bond acceptors (Lipinski definition) is 2. The van der Waals surface area contributed by atoms with Crippen molar-refractivity contribution < 1.29 is 0 Å². The van der Waals surface area contributed by atoms with E-state index in [2.05, 4.69) is 46.5 Å². The van der Waals surface area contributed by atoms with E-state index in [1.54, 1.807) is 0 Å². The van der Waals surface area contributed by atoms with Crippen LogP contribution in [0.3, 0.4) is 0 Å². The molecule has 1 fully saturated rings. The standard InChI is InChI=1S/C10H14BrNS/c1-6-3-9(6)12-7(2)10-4-8(11)5-13-10/h4-7,9,12H,3H2,1-2H3. The minimum atomic E-state index is 0.506. The fourth-order valence-electron chi connectivity index (χ4n) is 1.51. The van der Waals surface area contributed by atoms with Gasteiger partial charge in [0.15, 0.2) is 0 Å². The Morgan fingerprint density at radius 3 is 2.85 bits per heavy atom. The van der Waals surface area contributed by atoms with E-state index in [-0.39, 0.29) is 0 Å². The first-order valence-electron chi connectivity index (χ1n) is 4.67. The third-order valence-corrected chi connectivity index (χ3v) is 4.46. The highest BCUT2D eigenvalue weighted by molar-refractivity contribution is 9.10. The summed E-state index contributed by atoms with van der Waals surface area (Å²) < 4.78 is 1.20. The number of nitrogens with one attached hydrogen (secondary N) is 1. The topological polar surface area (TPSA) is 12.0 Å². The quantitative estimate of drug-likeness (QED) is 0.876. The third kappa shape index (κ3) is 2.33. The van der Waals surface area contributed by atoms with Crippen molar-refractivity contribution in [1.82, 2.24) is 5.32 Å². The van der Waals surface area contributed by atoms with Crippen LogP contribution in [-0.4, -0.2) is 6.04 Å². The maximum absolute atomic E-state index is 3.62. The van der Waals surface area contributed by atoms with Crippen LogP contribution >= 0.6 is 27.3 Å². The molecule has 1 saturated carbocycles. The minimum absolute atomic E-state index is 0.506. The Labute approximate surface area is 91.7 Å². The summed E-state index contributed by atoms with van der Waals surface area (Å²) in [6.45, 7) is 4.54. The van der Waals surface area contributed by atoms with Gasteiger partial charge in [-0.25, -0.2) is 0 Å². The number of hydrogen-bond donors (Lipinski definition) is 1. The first-order valence-corrected chi connectivity index (χ1v) is 6.34. The van der Waals surface area contributed by atoms with Gasteiger partial charge in [0, 0.05) is 26.8 Å². The fourth-order valence-corrected chi connectivity index (χ4v) is 2.98. The Morgan fingerprint density at radius 1 is 1.69 bits per heavy atom. The molecule has 0 aromatic carbocycles. The molecule has 1 N–H and O–H groups in total. The Hall–Kier alpha value is 0.140. The van der Waals surface area contributed by atoms with Crippen LogP contribution in [0.5, 0.6) is 0 Å². The molecule has 1 aromatic rings. The van der Waals surface area contributed by atoms with Crippen molar-refractivity contribution in [2.45, 2.75) is 32.4 Å². The van der Waals surface area contributed by atoms with E-state index in [9.17, 15) is 0 Å². The van der Waals surface area contributed by atoms with Gasteiger partial charge in [-0.2, -0.15) is 0 Å². The van der Waals surface area contributed by atoms with E-state index in [1.165, 1.54) is 15.8 Å². The average molecular weight is 260 g/mol. The van der Waals surface area contributed by atoms with Crippen LogP contribution in [-0.2, 0) is 0 Å². The molecule has 0 bridgehead atoms. The second-order valence-electron chi connectivity index (χ2n) is 3.88. The Morgan fingerprint density at radius 2 is 2.38 bits per heavy atom. The fraction of sp³-hybridized carbons (Fsp3) is 0.600. The molecule has 72 valence electrons. The molecule has 1 aromatic heterocycles. The molecule has 0 aliphatic heterocycles. The monoisotopic (exact) mass is 259 g/mol. The van der Waals surface area contributed by atoms with Crippen molar-refractivity contribution in [3.05, 3.63) is 20.8 Å². The van der Waals surface area contributed by atoms with Crippen molar-refractivity contribution in [2.75, 3.05) is 0 Å². The Balaban J connectivity index is 1.93. The second kappa shape index (κ2) is 3.71. The summed E-state index contributed by atoms with van der Waals surface area (Å²) in [5.74, 6) is 0.880. The number of rotatable bonds is 3. The van der Waals surface area contributed by atoms with E-state index >= 15 is 0 Å². The molecule has 0 radical (unpaired) electrons. The van der Waals surface area contributed by atoms with E-state index in [4.69, 9.17) is 0 Å². The van der Waals surface area contributed by atoms with Gasteiger partial charge in [0.2, 0.25) is 0 Å². The molecule has 3 unspecified atom stereocenters. The summed E-state index contributed by atoms with van der Waals surface area (Å²) in [6, 6.07) is 3.47. The molecule has 1 aliphatic carbocycles. The van der Waals surface area contributed by atoms with E-state index in [0.717, 1.165) is 12.0 Å². The average Bonchev–Trinajstić information content (AvgIpc) is 2.62. The Kier molecular flexibility index (Phi) is 2.77. The van der Waals surface area contributed by atoms with Crippen LogP contribution in [0, 0.1) is 5.92 Å². The number of halogens is 1. The summed E-state index contributed by atoms with van der Waals surface area (Å²) in [5, 5.41) is 5.77. The molecule has 2 rings (SSSR count). The highest BCUT2D eigenvalue weighted by Crippen LogP contribution is 2.33. The van der Waals surface area contributed by atoms with Crippen molar-refractivity contribution in [2.24, 2.45) is 5.92 Å². The summed E-state index contributed by atoms with van der Waals surface area (Å²) in [6.07, 6.45) is 1.34. The highest BCUT2D eigenvalue weighted by atomic mass is 79.9. The van der Waals surface area contributed by atoms with Crippen molar-refractivity contribution in [1.29, 1.82) is 0 Å². The summed E-state index contributed by atoms with van der Waals surface area (Å²) in [7, 11) is 0. The molecule has 13 heavy (non-hydrogen) atoms. The smallest absolute Gasteiger partial charge is 0.0388 e. The summed E-state index contributed by atoms with van der Waals surface area (Å²) in [4.78, 5) is 1.42. The van der Waals surface area contributed by atoms with Crippen LogP contribution in [0.2, 0.25) is 0 Å². The lowest BCUT2D eigenvalue weighted by Gasteiger charge is -2.10. The van der Waals surface area contributed by atoms with Crippen LogP contribution in [0.25, 0.3) is 0 Å². The van der Waals surface area contributed by atoms with Crippen molar-refractivity contribution >= 4 is 27.3 Å². The zero-order chi connectivity index (χ0) is 9.42. The first-order chi connectivity index (χ1) is 6.16. The molecule has 3 heteroatoms. The zero-order valence-corrected chi connectivity index (χ0v) is 10.3. The van der Waals surface area contributed by atoms with Gasteiger partial charge in [-0.15, -0.1) is 11.3 Å². The maximum atomic E-state index is 3.62. The third-order valence-electron chi connectivity index (χ3n) is 2.59. The molecular formula is C10H14BrNS. The van der Waals surface area contributed by atoms with Crippen molar-refractivity contribution in [3.8, 4) is 0 Å². The second-order valence-corrected chi connectivity index (χ2v) is 5.73. The van der Waals surface area contributed by atoms with Crippen LogP contribution in [0.15, 0.2) is 15.9 Å². The van der Waals surface area contributed by atoms with Crippen LogP contribution in [0.1, 0.15) is 31.2 Å². The highest BCUT2D eigenvalue weighted by Gasteiger charge is 2.33. The molecular weight excluding hydrogens is 246 g/mol. The lowest BCUT2D eigenvalue weighted by atomic mass is 10.2. The molecule has 3 atom stereocenters. The van der Waals surface area contributed by atoms with E-state index < -0.39 is 0 Å². The predicted octanol–water partition coefficient (Wildman–Crippen LogP) is 3.57. The number of thiophene rings is 1. The molecule has 1 heterocycles. The first kappa shape index (κ1) is 9.69. The largest absolute Gasteiger partial charge is 0.306 e. The summed E-state index contributed by atoms with van der Waals surface area (Å²) in [5.41, 5.74) is 0. The molecule has 0 amide bonds. The van der Waals surface area contributed by atoms with Gasteiger partial charge in [0.1, 0.15) is 0 Å². The SMILES string of the molecule is CC(NC1CC1C)c1cc(Br)cs1. The Bertz CT molecular complexity index is 297. The van der Waals surface area contributed by atoms with Gasteiger partial charge >= 0.3 is 0 Å². The van der Waals surface area contributed by atoms with Gasteiger partial charge in [0.25, 0.3) is 0 Å². The van der Waals surface area contributed by atoms with Gasteiger partial charge < -0.3 is 5.32 Å². The van der Waals surface area contributed by atoms with Crippen LogP contribution in [0.4, 0.5) is 0 Å². The van der Waals surface area contributed by atoms with Gasteiger partial charge in [-0.3, -0.25) is 0 Å². The van der Waals surface area contributed by atoms with E-state index in [0.29, 0.717) is 6.04 Å².